The number of nitrogens with one attached hydrogen (secondary N) is 3. The van der Waals surface area contributed by atoms with Crippen LogP contribution in [-0.4, -0.2) is 38.3 Å². The van der Waals surface area contributed by atoms with Gasteiger partial charge in [-0.25, -0.2) is 0 Å². The molecule has 13 heavy (non-hydrogen) atoms. The predicted molar refractivity (Wildman–Crippen MR) is 54.9 cm³/mol. The zero-order valence-electron chi connectivity index (χ0n) is 8.31. The van der Waals surface area contributed by atoms with Crippen LogP contribution in [0.25, 0.3) is 0 Å². The molecule has 2 rings (SSSR count). The highest BCUT2D eigenvalue weighted by Gasteiger charge is 2.16. The summed E-state index contributed by atoms with van der Waals surface area (Å²) >= 11 is 0. The molecule has 2 unspecified atom stereocenters. The molecular weight excluding hydrogens is 162 g/mol. The minimum Gasteiger partial charge on any atom is -0.314 e. The SMILES string of the molecule is C1CNC(CNCC2CCCN2)C1. The van der Waals surface area contributed by atoms with Crippen LogP contribution in [0.4, 0.5) is 0 Å². The summed E-state index contributed by atoms with van der Waals surface area (Å²) in [4.78, 5) is 0. The summed E-state index contributed by atoms with van der Waals surface area (Å²) in [7, 11) is 0. The first-order valence-electron chi connectivity index (χ1n) is 5.62. The maximum Gasteiger partial charge on any atom is 0.0192 e. The second-order valence-electron chi connectivity index (χ2n) is 4.24. The quantitative estimate of drug-likeness (QED) is 0.578. The molecule has 0 aromatic rings. The molecule has 2 saturated heterocycles. The molecular formula is C10H21N3. The van der Waals surface area contributed by atoms with Crippen molar-refractivity contribution in [2.75, 3.05) is 26.2 Å². The topological polar surface area (TPSA) is 36.1 Å². The van der Waals surface area contributed by atoms with E-state index in [0.717, 1.165) is 25.2 Å². The minimum absolute atomic E-state index is 0.737. The number of hydrogen-bond donors (Lipinski definition) is 3. The summed E-state index contributed by atoms with van der Waals surface area (Å²) < 4.78 is 0. The summed E-state index contributed by atoms with van der Waals surface area (Å²) in [6, 6.07) is 1.47. The Morgan fingerprint density at radius 2 is 1.46 bits per heavy atom. The fraction of sp³-hybridized carbons (Fsp3) is 1.00. The van der Waals surface area contributed by atoms with Gasteiger partial charge in [0.2, 0.25) is 0 Å². The third kappa shape index (κ3) is 2.93. The van der Waals surface area contributed by atoms with E-state index in [9.17, 15) is 0 Å². The average Bonchev–Trinajstić information content (AvgIpc) is 2.75. The average molecular weight is 183 g/mol. The molecule has 3 N–H and O–H groups in total. The molecule has 3 nitrogen and oxygen atoms in total. The van der Waals surface area contributed by atoms with Gasteiger partial charge in [-0.1, -0.05) is 0 Å². The van der Waals surface area contributed by atoms with Crippen LogP contribution in [0, 0.1) is 0 Å². The van der Waals surface area contributed by atoms with Crippen molar-refractivity contribution >= 4 is 0 Å². The Kier molecular flexibility index (Phi) is 3.58. The predicted octanol–water partition coefficient (Wildman–Crippen LogP) is 0.0800. The smallest absolute Gasteiger partial charge is 0.0192 e. The highest BCUT2D eigenvalue weighted by Crippen LogP contribution is 2.05. The lowest BCUT2D eigenvalue weighted by atomic mass is 10.2. The Hall–Kier alpha value is -0.120. The second kappa shape index (κ2) is 4.94. The van der Waals surface area contributed by atoms with Gasteiger partial charge in [-0.15, -0.1) is 0 Å². The van der Waals surface area contributed by atoms with E-state index in [2.05, 4.69) is 16.0 Å². The lowest BCUT2D eigenvalue weighted by Gasteiger charge is -2.14. The van der Waals surface area contributed by atoms with E-state index < -0.39 is 0 Å². The van der Waals surface area contributed by atoms with Crippen molar-refractivity contribution in [1.82, 2.24) is 16.0 Å². The van der Waals surface area contributed by atoms with Crippen molar-refractivity contribution in [3.8, 4) is 0 Å². The summed E-state index contributed by atoms with van der Waals surface area (Å²) in [5.74, 6) is 0. The maximum absolute atomic E-state index is 3.54. The fourth-order valence-corrected chi connectivity index (χ4v) is 2.29. The van der Waals surface area contributed by atoms with Crippen LogP contribution in [0.5, 0.6) is 0 Å². The van der Waals surface area contributed by atoms with E-state index in [1.165, 1.54) is 38.8 Å². The first-order chi connectivity index (χ1) is 6.45. The largest absolute Gasteiger partial charge is 0.314 e. The first-order valence-corrected chi connectivity index (χ1v) is 5.62. The van der Waals surface area contributed by atoms with Gasteiger partial charge in [0.25, 0.3) is 0 Å². The van der Waals surface area contributed by atoms with Crippen LogP contribution in [0.3, 0.4) is 0 Å². The molecule has 2 heterocycles. The van der Waals surface area contributed by atoms with Crippen LogP contribution >= 0.6 is 0 Å². The molecule has 0 radical (unpaired) electrons. The van der Waals surface area contributed by atoms with Gasteiger partial charge < -0.3 is 16.0 Å². The molecule has 2 aliphatic heterocycles. The Labute approximate surface area is 80.7 Å². The van der Waals surface area contributed by atoms with Crippen molar-refractivity contribution in [2.45, 2.75) is 37.8 Å². The van der Waals surface area contributed by atoms with Gasteiger partial charge in [0.15, 0.2) is 0 Å². The molecule has 2 fully saturated rings. The van der Waals surface area contributed by atoms with E-state index in [1.54, 1.807) is 0 Å². The van der Waals surface area contributed by atoms with E-state index in [1.807, 2.05) is 0 Å². The third-order valence-corrected chi connectivity index (χ3v) is 3.11. The van der Waals surface area contributed by atoms with Crippen molar-refractivity contribution in [3.63, 3.8) is 0 Å². The van der Waals surface area contributed by atoms with E-state index >= 15 is 0 Å². The van der Waals surface area contributed by atoms with Crippen LogP contribution in [-0.2, 0) is 0 Å². The molecule has 0 aromatic heterocycles. The minimum atomic E-state index is 0.737. The summed E-state index contributed by atoms with van der Waals surface area (Å²) in [5, 5.41) is 10.5. The molecule has 0 spiro atoms. The summed E-state index contributed by atoms with van der Waals surface area (Å²) in [5.41, 5.74) is 0. The first kappa shape index (κ1) is 9.44. The molecule has 0 bridgehead atoms. The fourth-order valence-electron chi connectivity index (χ4n) is 2.29. The number of hydrogen-bond acceptors (Lipinski definition) is 3. The Balaban J connectivity index is 1.52. The lowest BCUT2D eigenvalue weighted by Crippen LogP contribution is -2.40. The Bertz CT molecular complexity index is 121. The second-order valence-corrected chi connectivity index (χ2v) is 4.24. The zero-order chi connectivity index (χ0) is 8.93. The van der Waals surface area contributed by atoms with E-state index in [-0.39, 0.29) is 0 Å². The highest BCUT2D eigenvalue weighted by atomic mass is 15.0. The van der Waals surface area contributed by atoms with Gasteiger partial charge in [0, 0.05) is 25.2 Å². The lowest BCUT2D eigenvalue weighted by molar-refractivity contribution is 0.487. The van der Waals surface area contributed by atoms with Gasteiger partial charge in [-0.2, -0.15) is 0 Å². The van der Waals surface area contributed by atoms with Crippen molar-refractivity contribution in [1.29, 1.82) is 0 Å². The van der Waals surface area contributed by atoms with Gasteiger partial charge >= 0.3 is 0 Å². The molecule has 76 valence electrons. The molecule has 2 atom stereocenters. The van der Waals surface area contributed by atoms with Crippen LogP contribution in [0.2, 0.25) is 0 Å². The van der Waals surface area contributed by atoms with Crippen LogP contribution in [0.1, 0.15) is 25.7 Å². The van der Waals surface area contributed by atoms with Crippen molar-refractivity contribution in [3.05, 3.63) is 0 Å². The normalized spacial score (nSPS) is 34.2. The number of rotatable bonds is 4. The van der Waals surface area contributed by atoms with Crippen LogP contribution in [0.15, 0.2) is 0 Å². The van der Waals surface area contributed by atoms with Crippen molar-refractivity contribution in [2.24, 2.45) is 0 Å². The Morgan fingerprint density at radius 1 is 0.923 bits per heavy atom. The molecule has 0 amide bonds. The van der Waals surface area contributed by atoms with Gasteiger partial charge in [0.05, 0.1) is 0 Å². The molecule has 0 aliphatic carbocycles. The highest BCUT2D eigenvalue weighted by molar-refractivity contribution is 4.80. The van der Waals surface area contributed by atoms with Gasteiger partial charge in [-0.3, -0.25) is 0 Å². The van der Waals surface area contributed by atoms with Gasteiger partial charge in [-0.05, 0) is 38.8 Å². The maximum atomic E-state index is 3.54. The third-order valence-electron chi connectivity index (χ3n) is 3.11. The zero-order valence-corrected chi connectivity index (χ0v) is 8.31. The monoisotopic (exact) mass is 183 g/mol. The van der Waals surface area contributed by atoms with E-state index in [4.69, 9.17) is 0 Å². The summed E-state index contributed by atoms with van der Waals surface area (Å²) in [6.07, 6.45) is 5.41. The van der Waals surface area contributed by atoms with E-state index in [0.29, 0.717) is 0 Å². The molecule has 0 aromatic carbocycles. The molecule has 0 saturated carbocycles. The standard InChI is InChI=1S/C10H21N3/c1-3-9(12-5-1)7-11-8-10-4-2-6-13-10/h9-13H,1-8H2. The van der Waals surface area contributed by atoms with Gasteiger partial charge in [0.1, 0.15) is 0 Å². The molecule has 3 heteroatoms. The van der Waals surface area contributed by atoms with Crippen molar-refractivity contribution < 1.29 is 0 Å². The van der Waals surface area contributed by atoms with Crippen LogP contribution < -0.4 is 16.0 Å². The molecule has 2 aliphatic rings. The summed E-state index contributed by atoms with van der Waals surface area (Å²) in [6.45, 7) is 4.73. The Morgan fingerprint density at radius 3 is 1.85 bits per heavy atom.